The minimum absolute atomic E-state index is 0.218. The van der Waals surface area contributed by atoms with Crippen LogP contribution < -0.4 is 0 Å². The monoisotopic (exact) mass is 310 g/mol. The number of hydrogen-bond donors (Lipinski definition) is 0. The fourth-order valence-electron chi connectivity index (χ4n) is 3.56. The molecule has 0 N–H and O–H groups in total. The Labute approximate surface area is 136 Å². The summed E-state index contributed by atoms with van der Waals surface area (Å²) in [7, 11) is 2.24. The van der Waals surface area contributed by atoms with Crippen molar-refractivity contribution in [3.8, 4) is 6.07 Å². The van der Waals surface area contributed by atoms with Gasteiger partial charge in [-0.05, 0) is 63.0 Å². The van der Waals surface area contributed by atoms with Crippen molar-refractivity contribution in [2.24, 2.45) is 17.3 Å². The van der Waals surface area contributed by atoms with Gasteiger partial charge in [0.15, 0.2) is 0 Å². The molecule has 1 rings (SSSR count). The van der Waals surface area contributed by atoms with Crippen molar-refractivity contribution in [2.45, 2.75) is 71.9 Å². The van der Waals surface area contributed by atoms with Crippen LogP contribution in [0.2, 0.25) is 0 Å². The zero-order chi connectivity index (χ0) is 16.0. The van der Waals surface area contributed by atoms with Crippen LogP contribution >= 0.6 is 11.8 Å². The van der Waals surface area contributed by atoms with Gasteiger partial charge in [-0.3, -0.25) is 4.90 Å². The van der Waals surface area contributed by atoms with E-state index in [1.165, 1.54) is 31.4 Å². The van der Waals surface area contributed by atoms with E-state index in [1.54, 1.807) is 0 Å². The first-order chi connectivity index (χ1) is 9.87. The van der Waals surface area contributed by atoms with Crippen molar-refractivity contribution in [1.82, 2.24) is 4.90 Å². The summed E-state index contributed by atoms with van der Waals surface area (Å²) in [4.78, 5) is 2.50. The predicted octanol–water partition coefficient (Wildman–Crippen LogP) is 4.80. The van der Waals surface area contributed by atoms with E-state index >= 15 is 0 Å². The molecule has 1 aliphatic rings. The SMILES string of the molecule is CCC(C)(C)C1CCC(C#N)C(N(C)C(C)CCSC)C1. The molecule has 0 spiro atoms. The highest BCUT2D eigenvalue weighted by atomic mass is 32.2. The predicted molar refractivity (Wildman–Crippen MR) is 94.5 cm³/mol. The van der Waals surface area contributed by atoms with Crippen LogP contribution in [-0.4, -0.2) is 36.0 Å². The van der Waals surface area contributed by atoms with Gasteiger partial charge in [0.2, 0.25) is 0 Å². The average molecular weight is 311 g/mol. The van der Waals surface area contributed by atoms with E-state index in [1.807, 2.05) is 11.8 Å². The molecule has 0 amide bonds. The molecular formula is C18H34N2S. The first-order valence-corrected chi connectivity index (χ1v) is 9.87. The second kappa shape index (κ2) is 8.44. The molecule has 0 aliphatic heterocycles. The first kappa shape index (κ1) is 18.8. The molecule has 0 aromatic carbocycles. The molecule has 0 aromatic heterocycles. The maximum atomic E-state index is 9.53. The summed E-state index contributed by atoms with van der Waals surface area (Å²) >= 11 is 1.92. The highest BCUT2D eigenvalue weighted by Gasteiger charge is 2.39. The molecule has 0 saturated heterocycles. The standard InChI is InChI=1S/C18H34N2S/c1-7-18(3,4)16-9-8-15(13-19)17(12-16)20(5)14(2)10-11-21-6/h14-17H,7-12H2,1-6H3. The molecule has 0 bridgehead atoms. The van der Waals surface area contributed by atoms with Gasteiger partial charge in [-0.2, -0.15) is 17.0 Å². The van der Waals surface area contributed by atoms with Crippen LogP contribution in [0.1, 0.15) is 59.8 Å². The van der Waals surface area contributed by atoms with Crippen LogP contribution in [0.4, 0.5) is 0 Å². The molecular weight excluding hydrogens is 276 g/mol. The van der Waals surface area contributed by atoms with Gasteiger partial charge < -0.3 is 0 Å². The van der Waals surface area contributed by atoms with E-state index in [0.717, 1.165) is 12.3 Å². The first-order valence-electron chi connectivity index (χ1n) is 8.47. The van der Waals surface area contributed by atoms with Crippen LogP contribution in [0.25, 0.3) is 0 Å². The largest absolute Gasteiger partial charge is 0.299 e. The maximum Gasteiger partial charge on any atom is 0.0672 e. The average Bonchev–Trinajstić information content (AvgIpc) is 2.50. The van der Waals surface area contributed by atoms with Crippen LogP contribution in [0.5, 0.6) is 0 Å². The van der Waals surface area contributed by atoms with Crippen molar-refractivity contribution in [1.29, 1.82) is 5.26 Å². The molecule has 0 aromatic rings. The fraction of sp³-hybridized carbons (Fsp3) is 0.944. The van der Waals surface area contributed by atoms with Crippen molar-refractivity contribution in [3.63, 3.8) is 0 Å². The normalized spacial score (nSPS) is 28.4. The fourth-order valence-corrected chi connectivity index (χ4v) is 4.14. The van der Waals surface area contributed by atoms with Crippen LogP contribution in [0, 0.1) is 28.6 Å². The number of rotatable bonds is 7. The molecule has 2 nitrogen and oxygen atoms in total. The van der Waals surface area contributed by atoms with Gasteiger partial charge >= 0.3 is 0 Å². The minimum atomic E-state index is 0.218. The van der Waals surface area contributed by atoms with Gasteiger partial charge in [0, 0.05) is 12.1 Å². The molecule has 122 valence electrons. The van der Waals surface area contributed by atoms with Crippen LogP contribution in [-0.2, 0) is 0 Å². The van der Waals surface area contributed by atoms with Gasteiger partial charge in [-0.15, -0.1) is 0 Å². The van der Waals surface area contributed by atoms with Crippen LogP contribution in [0.15, 0.2) is 0 Å². The summed E-state index contributed by atoms with van der Waals surface area (Å²) in [5, 5.41) is 9.53. The number of nitrogens with zero attached hydrogens (tertiary/aromatic N) is 2. The van der Waals surface area contributed by atoms with Crippen molar-refractivity contribution < 1.29 is 0 Å². The van der Waals surface area contributed by atoms with E-state index in [-0.39, 0.29) is 5.92 Å². The Hall–Kier alpha value is -0.200. The van der Waals surface area contributed by atoms with E-state index < -0.39 is 0 Å². The summed E-state index contributed by atoms with van der Waals surface area (Å²) in [6.07, 6.45) is 8.11. The van der Waals surface area contributed by atoms with Gasteiger partial charge in [0.05, 0.1) is 12.0 Å². The molecule has 1 aliphatic carbocycles. The van der Waals surface area contributed by atoms with Crippen LogP contribution in [0.3, 0.4) is 0 Å². The van der Waals surface area contributed by atoms with Gasteiger partial charge in [-0.25, -0.2) is 0 Å². The van der Waals surface area contributed by atoms with E-state index in [0.29, 0.717) is 17.5 Å². The summed E-state index contributed by atoms with van der Waals surface area (Å²) < 4.78 is 0. The zero-order valence-corrected chi connectivity index (χ0v) is 15.7. The number of hydrogen-bond acceptors (Lipinski definition) is 3. The second-order valence-corrected chi connectivity index (χ2v) is 8.44. The molecule has 3 heteroatoms. The Kier molecular flexibility index (Phi) is 7.57. The summed E-state index contributed by atoms with van der Waals surface area (Å²) in [6, 6.07) is 3.60. The highest BCUT2D eigenvalue weighted by Crippen LogP contribution is 2.43. The van der Waals surface area contributed by atoms with E-state index in [4.69, 9.17) is 0 Å². The Morgan fingerprint density at radius 2 is 2.05 bits per heavy atom. The number of thioether (sulfide) groups is 1. The van der Waals surface area contributed by atoms with Gasteiger partial charge in [0.1, 0.15) is 0 Å². The molecule has 1 fully saturated rings. The molecule has 0 radical (unpaired) electrons. The Balaban J connectivity index is 2.77. The third-order valence-corrected chi connectivity index (χ3v) is 6.60. The van der Waals surface area contributed by atoms with E-state index in [2.05, 4.69) is 52.0 Å². The van der Waals surface area contributed by atoms with Crippen molar-refractivity contribution in [3.05, 3.63) is 0 Å². The molecule has 4 unspecified atom stereocenters. The minimum Gasteiger partial charge on any atom is -0.299 e. The lowest BCUT2D eigenvalue weighted by Crippen LogP contribution is -2.48. The van der Waals surface area contributed by atoms with Crippen molar-refractivity contribution in [2.75, 3.05) is 19.1 Å². The lowest BCUT2D eigenvalue weighted by Gasteiger charge is -2.45. The topological polar surface area (TPSA) is 27.0 Å². The summed E-state index contributed by atoms with van der Waals surface area (Å²) in [5.74, 6) is 2.18. The van der Waals surface area contributed by atoms with E-state index in [9.17, 15) is 5.26 Å². The Morgan fingerprint density at radius 1 is 1.38 bits per heavy atom. The quantitative estimate of drug-likeness (QED) is 0.675. The lowest BCUT2D eigenvalue weighted by molar-refractivity contribution is 0.0468. The second-order valence-electron chi connectivity index (χ2n) is 7.45. The molecule has 4 atom stereocenters. The third-order valence-electron chi connectivity index (χ3n) is 5.96. The summed E-state index contributed by atoms with van der Waals surface area (Å²) in [6.45, 7) is 9.42. The highest BCUT2D eigenvalue weighted by molar-refractivity contribution is 7.98. The lowest BCUT2D eigenvalue weighted by atomic mass is 9.66. The molecule has 1 saturated carbocycles. The maximum absolute atomic E-state index is 9.53. The molecule has 0 heterocycles. The Bertz CT molecular complexity index is 348. The number of nitriles is 1. The summed E-state index contributed by atoms with van der Waals surface area (Å²) in [5.41, 5.74) is 0.405. The zero-order valence-electron chi connectivity index (χ0n) is 14.9. The smallest absolute Gasteiger partial charge is 0.0672 e. The Morgan fingerprint density at radius 3 is 2.57 bits per heavy atom. The third kappa shape index (κ3) is 4.89. The molecule has 21 heavy (non-hydrogen) atoms. The van der Waals surface area contributed by atoms with Crippen molar-refractivity contribution >= 4 is 11.8 Å². The van der Waals surface area contributed by atoms with Gasteiger partial charge in [-0.1, -0.05) is 27.2 Å². The van der Waals surface area contributed by atoms with Gasteiger partial charge in [0.25, 0.3) is 0 Å².